The van der Waals surface area contributed by atoms with E-state index in [4.69, 9.17) is 14.6 Å². The Morgan fingerprint density at radius 2 is 1.84 bits per heavy atom. The monoisotopic (exact) mass is 485 g/mol. The van der Waals surface area contributed by atoms with E-state index >= 15 is 0 Å². The molecular weight excluding hydrogens is 462 g/mol. The lowest BCUT2D eigenvalue weighted by Gasteiger charge is -2.34. The van der Waals surface area contributed by atoms with Crippen molar-refractivity contribution in [1.82, 2.24) is 9.21 Å². The molecule has 2 aromatic rings. The van der Waals surface area contributed by atoms with Crippen LogP contribution in [-0.4, -0.2) is 66.0 Å². The number of morpholine rings is 1. The second-order valence-corrected chi connectivity index (χ2v) is 12.1. The number of hydrogen-bond donors (Lipinski definition) is 1. The zero-order valence-electron chi connectivity index (χ0n) is 16.9. The van der Waals surface area contributed by atoms with E-state index < -0.39 is 20.0 Å². The van der Waals surface area contributed by atoms with Gasteiger partial charge in [0.1, 0.15) is 14.2 Å². The largest absolute Gasteiger partial charge is 0.497 e. The summed E-state index contributed by atoms with van der Waals surface area (Å²) in [6.45, 7) is 3.05. The van der Waals surface area contributed by atoms with Crippen molar-refractivity contribution >= 4 is 37.5 Å². The van der Waals surface area contributed by atoms with Crippen molar-refractivity contribution in [3.8, 4) is 5.75 Å². The van der Waals surface area contributed by atoms with Crippen molar-refractivity contribution in [2.45, 2.75) is 15.0 Å². The Morgan fingerprint density at radius 3 is 2.45 bits per heavy atom. The summed E-state index contributed by atoms with van der Waals surface area (Å²) in [5.74, 6) is 0.674. The molecule has 2 aliphatic rings. The van der Waals surface area contributed by atoms with Gasteiger partial charge in [-0.1, -0.05) is 12.1 Å². The summed E-state index contributed by atoms with van der Waals surface area (Å²) in [7, 11) is -6.41. The highest BCUT2D eigenvalue weighted by molar-refractivity contribution is 7.94. The first-order valence-corrected chi connectivity index (χ1v) is 13.3. The predicted molar refractivity (Wildman–Crippen MR) is 117 cm³/mol. The fraction of sp³-hybridized carbons (Fsp3) is 0.368. The van der Waals surface area contributed by atoms with E-state index in [1.165, 1.54) is 10.4 Å². The Bertz CT molecular complexity index is 1200. The summed E-state index contributed by atoms with van der Waals surface area (Å²) in [5, 5.41) is 5.25. The molecule has 0 aliphatic carbocycles. The standard InChI is InChI=1S/C19H23N3O6S3/c1-27-17-4-2-14(3-5-17)12-22-16(13-21-6-8-28-9-7-21)10-15-11-18(30(20,23)24)29-19(15)31(22,25)26/h2-5,10-11H,6-9,12-13H2,1H3,(H2,20,23,24). The minimum atomic E-state index is -4.01. The molecule has 4 rings (SSSR count). The number of primary sulfonamides is 1. The van der Waals surface area contributed by atoms with Crippen LogP contribution in [0.1, 0.15) is 11.1 Å². The van der Waals surface area contributed by atoms with E-state index in [1.807, 2.05) is 0 Å². The number of ether oxygens (including phenoxy) is 2. The summed E-state index contributed by atoms with van der Waals surface area (Å²) in [6, 6.07) is 8.48. The Hall–Kier alpha value is -1.96. The normalized spacial score (nSPS) is 19.0. The van der Waals surface area contributed by atoms with Gasteiger partial charge in [0.2, 0.25) is 10.0 Å². The van der Waals surface area contributed by atoms with Crippen LogP contribution >= 0.6 is 11.3 Å². The third-order valence-electron chi connectivity index (χ3n) is 5.12. The average Bonchev–Trinajstić information content (AvgIpc) is 3.18. The summed E-state index contributed by atoms with van der Waals surface area (Å²) >= 11 is 0.677. The van der Waals surface area contributed by atoms with Gasteiger partial charge in [-0.15, -0.1) is 11.3 Å². The molecule has 1 saturated heterocycles. The summed E-state index contributed by atoms with van der Waals surface area (Å²) in [5.41, 5.74) is 1.70. The highest BCUT2D eigenvalue weighted by Gasteiger charge is 2.36. The van der Waals surface area contributed by atoms with Crippen LogP contribution in [0.5, 0.6) is 5.75 Å². The lowest BCUT2D eigenvalue weighted by Crippen LogP contribution is -2.42. The van der Waals surface area contributed by atoms with Crippen LogP contribution in [0.15, 0.2) is 44.4 Å². The molecule has 12 heteroatoms. The third-order valence-corrected chi connectivity index (χ3v) is 10.0. The van der Waals surface area contributed by atoms with Gasteiger partial charge in [-0.05, 0) is 29.8 Å². The second kappa shape index (κ2) is 8.52. The molecule has 1 fully saturated rings. The topological polar surface area (TPSA) is 119 Å². The average molecular weight is 486 g/mol. The van der Waals surface area contributed by atoms with Gasteiger partial charge in [0.25, 0.3) is 10.0 Å². The molecule has 9 nitrogen and oxygen atoms in total. The van der Waals surface area contributed by atoms with Gasteiger partial charge in [0, 0.05) is 30.9 Å². The maximum absolute atomic E-state index is 13.5. The Kier molecular flexibility index (Phi) is 6.12. The van der Waals surface area contributed by atoms with Gasteiger partial charge in [-0.2, -0.15) is 0 Å². The van der Waals surface area contributed by atoms with Crippen LogP contribution < -0.4 is 9.88 Å². The molecule has 0 atom stereocenters. The molecule has 0 unspecified atom stereocenters. The highest BCUT2D eigenvalue weighted by atomic mass is 32.3. The number of rotatable bonds is 6. The molecule has 0 spiro atoms. The minimum Gasteiger partial charge on any atom is -0.497 e. The molecule has 3 heterocycles. The fourth-order valence-electron chi connectivity index (χ4n) is 3.51. The molecule has 31 heavy (non-hydrogen) atoms. The fourth-order valence-corrected chi connectivity index (χ4v) is 7.59. The van der Waals surface area contributed by atoms with Crippen molar-refractivity contribution < 1.29 is 26.3 Å². The van der Waals surface area contributed by atoms with Gasteiger partial charge in [0.15, 0.2) is 0 Å². The van der Waals surface area contributed by atoms with E-state index in [0.717, 1.165) is 5.56 Å². The van der Waals surface area contributed by atoms with Crippen LogP contribution in [0.3, 0.4) is 0 Å². The van der Waals surface area contributed by atoms with Gasteiger partial charge >= 0.3 is 0 Å². The molecule has 0 saturated carbocycles. The Morgan fingerprint density at radius 1 is 1.16 bits per heavy atom. The third kappa shape index (κ3) is 4.64. The van der Waals surface area contributed by atoms with Gasteiger partial charge in [-0.25, -0.2) is 22.0 Å². The zero-order valence-corrected chi connectivity index (χ0v) is 19.3. The first-order chi connectivity index (χ1) is 14.7. The zero-order chi connectivity index (χ0) is 22.2. The quantitative estimate of drug-likeness (QED) is 0.655. The number of nitrogens with two attached hydrogens (primary N) is 1. The summed E-state index contributed by atoms with van der Waals surface area (Å²) < 4.78 is 62.4. The smallest absolute Gasteiger partial charge is 0.274 e. The molecule has 2 N–H and O–H groups in total. The van der Waals surface area contributed by atoms with E-state index in [0.29, 0.717) is 61.2 Å². The summed E-state index contributed by atoms with van der Waals surface area (Å²) in [6.07, 6.45) is 1.74. The molecule has 0 amide bonds. The maximum atomic E-state index is 13.5. The van der Waals surface area contributed by atoms with Crippen molar-refractivity contribution in [1.29, 1.82) is 0 Å². The molecule has 0 radical (unpaired) electrons. The van der Waals surface area contributed by atoms with Gasteiger partial charge < -0.3 is 9.47 Å². The number of fused-ring (bicyclic) bond motifs is 1. The van der Waals surface area contributed by atoms with Gasteiger partial charge in [0.05, 0.1) is 26.9 Å². The SMILES string of the molecule is COc1ccc(CN2C(CN3CCOCC3)=Cc3cc(S(N)(=O)=O)sc3S2(=O)=O)cc1. The molecular formula is C19H23N3O6S3. The van der Waals surface area contributed by atoms with E-state index in [-0.39, 0.29) is 15.0 Å². The molecule has 0 bridgehead atoms. The van der Waals surface area contributed by atoms with Crippen molar-refractivity contribution in [2.75, 3.05) is 40.0 Å². The number of sulfonamides is 2. The van der Waals surface area contributed by atoms with Crippen molar-refractivity contribution in [3.63, 3.8) is 0 Å². The highest BCUT2D eigenvalue weighted by Crippen LogP contribution is 2.39. The number of nitrogens with zero attached hydrogens (tertiary/aromatic N) is 2. The Balaban J connectivity index is 1.74. The predicted octanol–water partition coefficient (Wildman–Crippen LogP) is 1.28. The molecule has 2 aliphatic heterocycles. The van der Waals surface area contributed by atoms with Crippen LogP contribution in [0, 0.1) is 0 Å². The van der Waals surface area contributed by atoms with Crippen LogP contribution in [-0.2, 0) is 31.3 Å². The van der Waals surface area contributed by atoms with Crippen LogP contribution in [0.2, 0.25) is 0 Å². The van der Waals surface area contributed by atoms with E-state index in [2.05, 4.69) is 4.90 Å². The number of thiophene rings is 1. The number of methoxy groups -OCH3 is 1. The first-order valence-electron chi connectivity index (χ1n) is 9.51. The summed E-state index contributed by atoms with van der Waals surface area (Å²) in [4.78, 5) is 2.11. The molecule has 1 aromatic heterocycles. The second-order valence-electron chi connectivity index (χ2n) is 7.24. The lowest BCUT2D eigenvalue weighted by molar-refractivity contribution is 0.0405. The van der Waals surface area contributed by atoms with Crippen LogP contribution in [0.4, 0.5) is 0 Å². The van der Waals surface area contributed by atoms with E-state index in [9.17, 15) is 16.8 Å². The maximum Gasteiger partial charge on any atom is 0.274 e. The van der Waals surface area contributed by atoms with Gasteiger partial charge in [-0.3, -0.25) is 9.21 Å². The number of hydrogen-bond acceptors (Lipinski definition) is 8. The molecule has 168 valence electrons. The lowest BCUT2D eigenvalue weighted by atomic mass is 10.2. The minimum absolute atomic E-state index is 0.0178. The number of benzene rings is 1. The van der Waals surface area contributed by atoms with E-state index in [1.54, 1.807) is 37.5 Å². The first kappa shape index (κ1) is 22.2. The van der Waals surface area contributed by atoms with Crippen molar-refractivity contribution in [3.05, 3.63) is 47.2 Å². The molecule has 1 aromatic carbocycles. The van der Waals surface area contributed by atoms with Crippen molar-refractivity contribution in [2.24, 2.45) is 5.14 Å². The Labute approximate surface area is 185 Å². The van der Waals surface area contributed by atoms with Crippen LogP contribution in [0.25, 0.3) is 6.08 Å².